The lowest BCUT2D eigenvalue weighted by Crippen LogP contribution is -2.08. The van der Waals surface area contributed by atoms with Crippen molar-refractivity contribution in [3.63, 3.8) is 0 Å². The van der Waals surface area contributed by atoms with Crippen molar-refractivity contribution in [2.24, 2.45) is 7.05 Å². The summed E-state index contributed by atoms with van der Waals surface area (Å²) in [5.74, 6) is -0.785. The Morgan fingerprint density at radius 1 is 1.36 bits per heavy atom. The minimum atomic E-state index is -0.785. The smallest absolute Gasteiger partial charge is 0.346 e. The second kappa shape index (κ2) is 6.24. The molecule has 0 unspecified atom stereocenters. The molecular formula is C17H22N2O2S. The first kappa shape index (κ1) is 15.3. The van der Waals surface area contributed by atoms with Crippen molar-refractivity contribution in [1.29, 1.82) is 0 Å². The van der Waals surface area contributed by atoms with Crippen LogP contribution >= 0.6 is 11.3 Å². The molecule has 2 heterocycles. The van der Waals surface area contributed by atoms with Gasteiger partial charge in [-0.25, -0.2) is 4.79 Å². The zero-order valence-corrected chi connectivity index (χ0v) is 14.0. The highest BCUT2D eigenvalue weighted by molar-refractivity contribution is 7.14. The fourth-order valence-corrected chi connectivity index (χ4v) is 4.57. The zero-order chi connectivity index (χ0) is 15.7. The van der Waals surface area contributed by atoms with E-state index < -0.39 is 5.97 Å². The second-order valence-corrected chi connectivity index (χ2v) is 7.07. The van der Waals surface area contributed by atoms with E-state index in [1.807, 2.05) is 17.9 Å². The summed E-state index contributed by atoms with van der Waals surface area (Å²) in [4.78, 5) is 13.3. The number of carboxylic acid groups (broad SMARTS) is 1. The summed E-state index contributed by atoms with van der Waals surface area (Å²) in [5.41, 5.74) is 4.58. The monoisotopic (exact) mass is 318 g/mol. The van der Waals surface area contributed by atoms with E-state index in [-0.39, 0.29) is 0 Å². The third-order valence-corrected chi connectivity index (χ3v) is 5.71. The lowest BCUT2D eigenvalue weighted by atomic mass is 9.89. The molecule has 1 N–H and O–H groups in total. The number of unbranched alkanes of at least 4 members (excludes halogenated alkanes) is 3. The molecular weight excluding hydrogens is 296 g/mol. The fraction of sp³-hybridized carbons (Fsp3) is 0.529. The van der Waals surface area contributed by atoms with Gasteiger partial charge in [0.15, 0.2) is 0 Å². The van der Waals surface area contributed by atoms with Gasteiger partial charge in [-0.3, -0.25) is 4.68 Å². The largest absolute Gasteiger partial charge is 0.477 e. The first-order valence-corrected chi connectivity index (χ1v) is 8.84. The predicted octanol–water partition coefficient (Wildman–Crippen LogP) is 4.07. The van der Waals surface area contributed by atoms with Gasteiger partial charge in [0.05, 0.1) is 11.9 Å². The summed E-state index contributed by atoms with van der Waals surface area (Å²) in [6.07, 6.45) is 9.42. The number of fused-ring (bicyclic) bond motifs is 3. The number of carbonyl (C=O) groups is 1. The van der Waals surface area contributed by atoms with E-state index in [9.17, 15) is 9.90 Å². The molecule has 22 heavy (non-hydrogen) atoms. The SMILES string of the molecule is CCCCCCc1sc(C(=O)O)c2c1-c1c(cnn1C)CC2. The zero-order valence-electron chi connectivity index (χ0n) is 13.2. The van der Waals surface area contributed by atoms with Crippen molar-refractivity contribution < 1.29 is 9.90 Å². The van der Waals surface area contributed by atoms with Crippen LogP contribution in [0, 0.1) is 0 Å². The van der Waals surface area contributed by atoms with Gasteiger partial charge in [-0.15, -0.1) is 11.3 Å². The molecule has 1 aliphatic carbocycles. The van der Waals surface area contributed by atoms with Crippen molar-refractivity contribution in [3.05, 3.63) is 27.1 Å². The predicted molar refractivity (Wildman–Crippen MR) is 88.7 cm³/mol. The number of aryl methyl sites for hydroxylation is 3. The number of hydrogen-bond donors (Lipinski definition) is 1. The summed E-state index contributed by atoms with van der Waals surface area (Å²) >= 11 is 1.48. The number of nitrogens with zero attached hydrogens (tertiary/aromatic N) is 2. The average molecular weight is 318 g/mol. The number of aromatic nitrogens is 2. The first-order chi connectivity index (χ1) is 10.6. The Kier molecular flexibility index (Phi) is 4.34. The van der Waals surface area contributed by atoms with Gasteiger partial charge in [0.1, 0.15) is 4.88 Å². The van der Waals surface area contributed by atoms with Crippen LogP contribution in [0.5, 0.6) is 0 Å². The van der Waals surface area contributed by atoms with Gasteiger partial charge in [-0.2, -0.15) is 5.10 Å². The summed E-state index contributed by atoms with van der Waals surface area (Å²) in [5, 5.41) is 13.9. The molecule has 0 spiro atoms. The third kappa shape index (κ3) is 2.58. The standard InChI is InChI=1S/C17H22N2O2S/c1-3-4-5-6-7-13-14-12(16(22-13)17(20)21)9-8-11-10-18-19(2)15(11)14/h10H,3-9H2,1-2H3,(H,20,21). The second-order valence-electron chi connectivity index (χ2n) is 5.97. The Morgan fingerprint density at radius 2 is 2.18 bits per heavy atom. The van der Waals surface area contributed by atoms with Crippen molar-refractivity contribution in [2.45, 2.75) is 51.9 Å². The number of carboxylic acids is 1. The molecule has 0 saturated carbocycles. The summed E-state index contributed by atoms with van der Waals surface area (Å²) in [7, 11) is 1.95. The topological polar surface area (TPSA) is 55.1 Å². The van der Waals surface area contributed by atoms with Gasteiger partial charge in [0, 0.05) is 17.5 Å². The average Bonchev–Trinajstić information content (AvgIpc) is 3.05. The van der Waals surface area contributed by atoms with E-state index >= 15 is 0 Å². The van der Waals surface area contributed by atoms with Gasteiger partial charge in [0.25, 0.3) is 0 Å². The maximum atomic E-state index is 11.6. The van der Waals surface area contributed by atoms with Crippen LogP contribution in [0.15, 0.2) is 6.20 Å². The van der Waals surface area contributed by atoms with Gasteiger partial charge in [-0.05, 0) is 36.8 Å². The van der Waals surface area contributed by atoms with Crippen LogP contribution in [0.3, 0.4) is 0 Å². The Morgan fingerprint density at radius 3 is 2.91 bits per heavy atom. The molecule has 0 aromatic carbocycles. The third-order valence-electron chi connectivity index (χ3n) is 4.43. The van der Waals surface area contributed by atoms with Crippen molar-refractivity contribution in [1.82, 2.24) is 9.78 Å². The maximum Gasteiger partial charge on any atom is 0.346 e. The minimum Gasteiger partial charge on any atom is -0.477 e. The molecule has 4 nitrogen and oxygen atoms in total. The van der Waals surface area contributed by atoms with Crippen molar-refractivity contribution in [3.8, 4) is 11.3 Å². The molecule has 118 valence electrons. The van der Waals surface area contributed by atoms with Gasteiger partial charge >= 0.3 is 5.97 Å². The normalized spacial score (nSPS) is 13.0. The van der Waals surface area contributed by atoms with Gasteiger partial charge in [0.2, 0.25) is 0 Å². The first-order valence-electron chi connectivity index (χ1n) is 8.02. The Bertz CT molecular complexity index is 700. The van der Waals surface area contributed by atoms with Crippen LogP contribution < -0.4 is 0 Å². The quantitative estimate of drug-likeness (QED) is 0.817. The Labute approximate surface area is 134 Å². The Balaban J connectivity index is 2.01. The molecule has 2 aromatic heterocycles. The minimum absolute atomic E-state index is 0.535. The molecule has 5 heteroatoms. The van der Waals surface area contributed by atoms with Gasteiger partial charge in [-0.1, -0.05) is 26.2 Å². The van der Waals surface area contributed by atoms with Crippen LogP contribution in [0.4, 0.5) is 0 Å². The molecule has 0 amide bonds. The lowest BCUT2D eigenvalue weighted by Gasteiger charge is -2.16. The van der Waals surface area contributed by atoms with Crippen LogP contribution in [0.1, 0.15) is 58.3 Å². The van der Waals surface area contributed by atoms with E-state index in [0.29, 0.717) is 4.88 Å². The van der Waals surface area contributed by atoms with Crippen LogP contribution in [-0.4, -0.2) is 20.9 Å². The summed E-state index contributed by atoms with van der Waals surface area (Å²) in [6.45, 7) is 2.21. The van der Waals surface area contributed by atoms with Crippen molar-refractivity contribution in [2.75, 3.05) is 0 Å². The van der Waals surface area contributed by atoms with E-state index in [1.54, 1.807) is 0 Å². The molecule has 0 saturated heterocycles. The van der Waals surface area contributed by atoms with Crippen LogP contribution in [-0.2, 0) is 26.3 Å². The molecule has 1 aliphatic rings. The van der Waals surface area contributed by atoms with Gasteiger partial charge < -0.3 is 5.11 Å². The number of thiophene rings is 1. The van der Waals surface area contributed by atoms with E-state index in [0.717, 1.165) is 36.9 Å². The molecule has 0 aliphatic heterocycles. The number of rotatable bonds is 6. The summed E-state index contributed by atoms with van der Waals surface area (Å²) < 4.78 is 1.90. The fourth-order valence-electron chi connectivity index (χ4n) is 3.34. The number of aromatic carboxylic acids is 1. The van der Waals surface area contributed by atoms with Crippen LogP contribution in [0.25, 0.3) is 11.3 Å². The molecule has 0 radical (unpaired) electrons. The van der Waals surface area contributed by atoms with E-state index in [1.165, 1.54) is 46.6 Å². The lowest BCUT2D eigenvalue weighted by molar-refractivity contribution is 0.0701. The highest BCUT2D eigenvalue weighted by Crippen LogP contribution is 2.43. The molecule has 0 fully saturated rings. The maximum absolute atomic E-state index is 11.6. The summed E-state index contributed by atoms with van der Waals surface area (Å²) in [6, 6.07) is 0. The highest BCUT2D eigenvalue weighted by Gasteiger charge is 2.29. The molecule has 0 bridgehead atoms. The number of hydrogen-bond acceptors (Lipinski definition) is 3. The Hall–Kier alpha value is -1.62. The van der Waals surface area contributed by atoms with Crippen LogP contribution in [0.2, 0.25) is 0 Å². The molecule has 0 atom stereocenters. The van der Waals surface area contributed by atoms with E-state index in [4.69, 9.17) is 0 Å². The molecule has 2 aromatic rings. The highest BCUT2D eigenvalue weighted by atomic mass is 32.1. The molecule has 3 rings (SSSR count). The van der Waals surface area contributed by atoms with E-state index in [2.05, 4.69) is 12.0 Å². The van der Waals surface area contributed by atoms with Crippen molar-refractivity contribution >= 4 is 17.3 Å².